The highest BCUT2D eigenvalue weighted by atomic mass is 16.4. The minimum atomic E-state index is -0.895. The predicted octanol–water partition coefficient (Wildman–Crippen LogP) is 7.86. The van der Waals surface area contributed by atoms with Gasteiger partial charge in [-0.25, -0.2) is 4.79 Å². The Kier molecular flexibility index (Phi) is 6.10. The summed E-state index contributed by atoms with van der Waals surface area (Å²) in [6.07, 6.45) is 0. The number of aromatic carboxylic acids is 1. The highest BCUT2D eigenvalue weighted by Gasteiger charge is 2.17. The van der Waals surface area contributed by atoms with Crippen LogP contribution < -0.4 is 0 Å². The lowest BCUT2D eigenvalue weighted by Gasteiger charge is -2.27. The van der Waals surface area contributed by atoms with Gasteiger partial charge in [-0.1, -0.05) is 78.9 Å². The van der Waals surface area contributed by atoms with Gasteiger partial charge in [-0.2, -0.15) is 0 Å². The molecule has 0 radical (unpaired) electrons. The number of rotatable bonds is 6. The fourth-order valence-corrected chi connectivity index (χ4v) is 5.00. The maximum atomic E-state index is 11.8. The molecule has 0 saturated heterocycles. The van der Waals surface area contributed by atoms with Gasteiger partial charge in [0.1, 0.15) is 0 Å². The molecule has 0 spiro atoms. The topological polar surface area (TPSA) is 40.5 Å². The number of carbonyl (C=O) groups is 1. The van der Waals surface area contributed by atoms with Crippen LogP contribution in [0.1, 0.15) is 40.0 Å². The number of fused-ring (bicyclic) bond motifs is 2. The van der Waals surface area contributed by atoms with Gasteiger partial charge >= 0.3 is 5.97 Å². The predicted molar refractivity (Wildman–Crippen MR) is 145 cm³/mol. The molecule has 0 aliphatic heterocycles. The average molecular weight is 460 g/mol. The zero-order valence-electron chi connectivity index (χ0n) is 20.3. The Morgan fingerprint density at radius 1 is 0.829 bits per heavy atom. The number of nitrogens with zero attached hydrogens (tertiary/aromatic N) is 1. The molecule has 0 aliphatic carbocycles. The normalized spacial score (nSPS) is 12.3. The number of hydrogen-bond acceptors (Lipinski definition) is 2. The molecule has 0 saturated carbocycles. The van der Waals surface area contributed by atoms with Crippen molar-refractivity contribution in [1.82, 2.24) is 4.90 Å². The summed E-state index contributed by atoms with van der Waals surface area (Å²) >= 11 is 0. The van der Waals surface area contributed by atoms with Crippen molar-refractivity contribution < 1.29 is 9.90 Å². The maximum Gasteiger partial charge on any atom is 0.335 e. The van der Waals surface area contributed by atoms with E-state index in [-0.39, 0.29) is 6.04 Å². The fraction of sp³-hybridized carbons (Fsp3) is 0.156. The van der Waals surface area contributed by atoms with Crippen LogP contribution in [-0.2, 0) is 6.54 Å². The Balaban J connectivity index is 1.54. The summed E-state index contributed by atoms with van der Waals surface area (Å²) in [5, 5.41) is 14.5. The monoisotopic (exact) mass is 459 g/mol. The van der Waals surface area contributed by atoms with Gasteiger partial charge in [0.2, 0.25) is 0 Å². The lowest BCUT2D eigenvalue weighted by molar-refractivity contribution is 0.0696. The molecule has 0 heterocycles. The second-order valence-electron chi connectivity index (χ2n) is 9.36. The highest BCUT2D eigenvalue weighted by molar-refractivity contribution is 5.99. The SMILES string of the molecule is Cc1ccc(-c2cc(CN(C)C(C)c3cccc4ccccc34)cc3ccccc23)cc1C(=O)O. The molecule has 1 atom stereocenters. The van der Waals surface area contributed by atoms with Crippen LogP contribution in [-0.4, -0.2) is 23.0 Å². The molecule has 0 bridgehead atoms. The van der Waals surface area contributed by atoms with Crippen molar-refractivity contribution in [3.05, 3.63) is 119 Å². The maximum absolute atomic E-state index is 11.8. The molecule has 3 nitrogen and oxygen atoms in total. The third-order valence-corrected chi connectivity index (χ3v) is 7.07. The molecule has 3 heteroatoms. The zero-order valence-corrected chi connectivity index (χ0v) is 20.3. The van der Waals surface area contributed by atoms with Gasteiger partial charge in [0, 0.05) is 12.6 Å². The van der Waals surface area contributed by atoms with Crippen LogP contribution in [0.2, 0.25) is 0 Å². The van der Waals surface area contributed by atoms with Gasteiger partial charge in [0.25, 0.3) is 0 Å². The molecule has 1 unspecified atom stereocenters. The summed E-state index contributed by atoms with van der Waals surface area (Å²) in [5.74, 6) is -0.895. The van der Waals surface area contributed by atoms with Crippen LogP contribution in [0.3, 0.4) is 0 Å². The molecule has 0 amide bonds. The lowest BCUT2D eigenvalue weighted by Crippen LogP contribution is -2.22. The molecule has 1 N–H and O–H groups in total. The highest BCUT2D eigenvalue weighted by Crippen LogP contribution is 2.33. The van der Waals surface area contributed by atoms with E-state index in [1.807, 2.05) is 25.1 Å². The molecule has 0 aliphatic rings. The van der Waals surface area contributed by atoms with Gasteiger partial charge in [0.15, 0.2) is 0 Å². The second kappa shape index (κ2) is 9.36. The minimum absolute atomic E-state index is 0.231. The first-order valence-electron chi connectivity index (χ1n) is 12.0. The van der Waals surface area contributed by atoms with Crippen molar-refractivity contribution in [3.63, 3.8) is 0 Å². The summed E-state index contributed by atoms with van der Waals surface area (Å²) in [7, 11) is 2.16. The van der Waals surface area contributed by atoms with E-state index in [9.17, 15) is 9.90 Å². The summed E-state index contributed by atoms with van der Waals surface area (Å²) in [6, 6.07) is 33.8. The van der Waals surface area contributed by atoms with E-state index in [2.05, 4.69) is 91.7 Å². The Morgan fingerprint density at radius 3 is 2.29 bits per heavy atom. The van der Waals surface area contributed by atoms with E-state index in [1.165, 1.54) is 21.9 Å². The largest absolute Gasteiger partial charge is 0.478 e. The van der Waals surface area contributed by atoms with E-state index in [4.69, 9.17) is 0 Å². The second-order valence-corrected chi connectivity index (χ2v) is 9.36. The van der Waals surface area contributed by atoms with E-state index in [1.54, 1.807) is 6.07 Å². The summed E-state index contributed by atoms with van der Waals surface area (Å²) in [4.78, 5) is 14.1. The molecule has 174 valence electrons. The summed E-state index contributed by atoms with van der Waals surface area (Å²) < 4.78 is 0. The molecule has 5 aromatic rings. The molecule has 0 fully saturated rings. The Morgan fingerprint density at radius 2 is 1.51 bits per heavy atom. The van der Waals surface area contributed by atoms with Gasteiger partial charge in [-0.05, 0) is 88.5 Å². The Bertz CT molecular complexity index is 1550. The van der Waals surface area contributed by atoms with Crippen molar-refractivity contribution in [2.75, 3.05) is 7.05 Å². The van der Waals surface area contributed by atoms with Gasteiger partial charge < -0.3 is 5.11 Å². The van der Waals surface area contributed by atoms with Crippen molar-refractivity contribution in [3.8, 4) is 11.1 Å². The quantitative estimate of drug-likeness (QED) is 0.281. The van der Waals surface area contributed by atoms with Crippen LogP contribution in [0.4, 0.5) is 0 Å². The fourth-order valence-electron chi connectivity index (χ4n) is 5.00. The van der Waals surface area contributed by atoms with E-state index in [0.29, 0.717) is 5.56 Å². The van der Waals surface area contributed by atoms with Crippen LogP contribution in [0.5, 0.6) is 0 Å². The third-order valence-electron chi connectivity index (χ3n) is 7.07. The van der Waals surface area contributed by atoms with Crippen molar-refractivity contribution in [2.45, 2.75) is 26.4 Å². The van der Waals surface area contributed by atoms with Crippen LogP contribution in [0, 0.1) is 6.92 Å². The number of hydrogen-bond donors (Lipinski definition) is 1. The number of carboxylic acids is 1. The van der Waals surface area contributed by atoms with Crippen molar-refractivity contribution in [1.29, 1.82) is 0 Å². The first kappa shape index (κ1) is 22.8. The molecular weight excluding hydrogens is 430 g/mol. The molecule has 35 heavy (non-hydrogen) atoms. The Labute approximate surface area is 206 Å². The standard InChI is InChI=1S/C32H29NO2/c1-21-15-16-26(19-30(21)32(34)35)31-18-23(17-25-10-5-7-13-29(25)31)20-33(3)22(2)27-14-8-11-24-9-4-6-12-28(24)27/h4-19,22H,20H2,1-3H3,(H,34,35). The zero-order chi connectivity index (χ0) is 24.5. The molecule has 5 aromatic carbocycles. The van der Waals surface area contributed by atoms with Gasteiger partial charge in [-0.15, -0.1) is 0 Å². The molecular formula is C32H29NO2. The van der Waals surface area contributed by atoms with E-state index >= 15 is 0 Å². The third kappa shape index (κ3) is 4.43. The van der Waals surface area contributed by atoms with Crippen LogP contribution in [0.15, 0.2) is 97.1 Å². The first-order valence-corrected chi connectivity index (χ1v) is 12.0. The molecule has 0 aromatic heterocycles. The van der Waals surface area contributed by atoms with E-state index < -0.39 is 5.97 Å². The van der Waals surface area contributed by atoms with E-state index in [0.717, 1.165) is 34.0 Å². The van der Waals surface area contributed by atoms with Crippen LogP contribution in [0.25, 0.3) is 32.7 Å². The summed E-state index contributed by atoms with van der Waals surface area (Å²) in [5.41, 5.74) is 5.62. The van der Waals surface area contributed by atoms with Gasteiger partial charge in [0.05, 0.1) is 5.56 Å². The Hall–Kier alpha value is -3.95. The van der Waals surface area contributed by atoms with Crippen molar-refractivity contribution >= 4 is 27.5 Å². The summed E-state index contributed by atoms with van der Waals surface area (Å²) in [6.45, 7) is 4.87. The van der Waals surface area contributed by atoms with Crippen LogP contribution >= 0.6 is 0 Å². The lowest BCUT2D eigenvalue weighted by atomic mass is 9.93. The minimum Gasteiger partial charge on any atom is -0.478 e. The smallest absolute Gasteiger partial charge is 0.335 e. The van der Waals surface area contributed by atoms with Crippen molar-refractivity contribution in [2.24, 2.45) is 0 Å². The average Bonchev–Trinajstić information content (AvgIpc) is 2.87. The number of aryl methyl sites for hydroxylation is 1. The molecule has 5 rings (SSSR count). The first-order chi connectivity index (χ1) is 16.9. The number of benzene rings is 5. The van der Waals surface area contributed by atoms with Gasteiger partial charge in [-0.3, -0.25) is 4.90 Å². The number of carboxylic acid groups (broad SMARTS) is 1.